The summed E-state index contributed by atoms with van der Waals surface area (Å²) in [7, 11) is 0. The fraction of sp³-hybridized carbons (Fsp3) is 0. The lowest BCUT2D eigenvalue weighted by Crippen LogP contribution is -2.03. The summed E-state index contributed by atoms with van der Waals surface area (Å²) in [5.74, 6) is 1.70. The smallest absolute Gasteiger partial charge is 0.164 e. The van der Waals surface area contributed by atoms with Crippen LogP contribution >= 0.6 is 0 Å². The zero-order chi connectivity index (χ0) is 45.7. The van der Waals surface area contributed by atoms with Gasteiger partial charge in [-0.25, -0.2) is 15.0 Å². The molecular weight excluding hydrogens is 843 g/mol. The van der Waals surface area contributed by atoms with Gasteiger partial charge in [0.1, 0.15) is 11.2 Å². The first-order valence-corrected chi connectivity index (χ1v) is 23.2. The summed E-state index contributed by atoms with van der Waals surface area (Å²) in [4.78, 5) is 15.6. The molecule has 6 heteroatoms. The number of benzene rings is 10. The zero-order valence-corrected chi connectivity index (χ0v) is 37.3. The topological polar surface area (TPSA) is 68.8 Å². The van der Waals surface area contributed by atoms with Gasteiger partial charge in [0.15, 0.2) is 17.5 Å². The molecule has 0 aliphatic rings. The number of hydrogen-bond acceptors (Lipinski definition) is 5. The van der Waals surface area contributed by atoms with Crippen molar-refractivity contribution in [2.24, 2.45) is 0 Å². The van der Waals surface area contributed by atoms with Gasteiger partial charge in [0.25, 0.3) is 0 Å². The molecule has 0 unspecified atom stereocenters. The number of nitrogens with one attached hydrogen (secondary N) is 1. The van der Waals surface area contributed by atoms with Crippen LogP contribution in [0.4, 0.5) is 11.4 Å². The average Bonchev–Trinajstić information content (AvgIpc) is 3.97. The Morgan fingerprint density at radius 3 is 1.57 bits per heavy atom. The van der Waals surface area contributed by atoms with Gasteiger partial charge in [0, 0.05) is 66.3 Å². The monoisotopic (exact) mass is 883 g/mol. The van der Waals surface area contributed by atoms with Crippen molar-refractivity contribution in [1.82, 2.24) is 19.5 Å². The first kappa shape index (κ1) is 39.9. The maximum absolute atomic E-state index is 6.35. The third-order valence-corrected chi connectivity index (χ3v) is 13.1. The predicted octanol–water partition coefficient (Wildman–Crippen LogP) is 16.6. The summed E-state index contributed by atoms with van der Waals surface area (Å²) in [5, 5.41) is 8.59. The number of nitrogens with zero attached hydrogens (tertiary/aromatic N) is 4. The molecule has 0 aliphatic heterocycles. The molecule has 10 aromatic carbocycles. The number of fused-ring (bicyclic) bond motifs is 6. The molecule has 6 nitrogen and oxygen atoms in total. The first-order valence-electron chi connectivity index (χ1n) is 23.2. The summed E-state index contributed by atoms with van der Waals surface area (Å²) in [5.41, 5.74) is 16.0. The first-order chi connectivity index (χ1) is 34.2. The maximum atomic E-state index is 6.35. The lowest BCUT2D eigenvalue weighted by molar-refractivity contribution is 0.669. The normalized spacial score (nSPS) is 11.5. The quantitative estimate of drug-likeness (QED) is 0.156. The van der Waals surface area contributed by atoms with Gasteiger partial charge < -0.3 is 14.3 Å². The van der Waals surface area contributed by atoms with Gasteiger partial charge >= 0.3 is 0 Å². The molecule has 0 spiro atoms. The summed E-state index contributed by atoms with van der Waals surface area (Å²) in [6.07, 6.45) is 0. The van der Waals surface area contributed by atoms with Gasteiger partial charge in [0.2, 0.25) is 0 Å². The van der Waals surface area contributed by atoms with E-state index in [0.29, 0.717) is 17.5 Å². The average molecular weight is 884 g/mol. The Hall–Kier alpha value is -9.39. The molecule has 0 radical (unpaired) electrons. The second-order valence-electron chi connectivity index (χ2n) is 17.2. The molecule has 1 N–H and O–H groups in total. The van der Waals surface area contributed by atoms with Crippen LogP contribution in [0.15, 0.2) is 247 Å². The van der Waals surface area contributed by atoms with E-state index in [2.05, 4.69) is 198 Å². The molecule has 0 saturated carbocycles. The van der Waals surface area contributed by atoms with E-state index in [-0.39, 0.29) is 0 Å². The Kier molecular flexibility index (Phi) is 9.72. The van der Waals surface area contributed by atoms with E-state index >= 15 is 0 Å². The largest absolute Gasteiger partial charge is 0.456 e. The number of rotatable bonds is 9. The van der Waals surface area contributed by atoms with Crippen LogP contribution in [0.25, 0.3) is 117 Å². The fourth-order valence-corrected chi connectivity index (χ4v) is 9.87. The van der Waals surface area contributed by atoms with Crippen LogP contribution in [0, 0.1) is 0 Å². The van der Waals surface area contributed by atoms with Crippen molar-refractivity contribution in [3.8, 4) is 73.2 Å². The van der Waals surface area contributed by atoms with Crippen molar-refractivity contribution in [1.29, 1.82) is 0 Å². The highest BCUT2D eigenvalue weighted by Gasteiger charge is 2.22. The van der Waals surface area contributed by atoms with Crippen LogP contribution in [0.2, 0.25) is 0 Å². The van der Waals surface area contributed by atoms with Gasteiger partial charge in [-0.15, -0.1) is 0 Å². The van der Waals surface area contributed by atoms with E-state index < -0.39 is 0 Å². The molecule has 0 amide bonds. The molecule has 0 bridgehead atoms. The molecule has 0 saturated heterocycles. The minimum absolute atomic E-state index is 0.558. The lowest BCUT2D eigenvalue weighted by Gasteiger charge is -2.21. The van der Waals surface area contributed by atoms with E-state index in [1.807, 2.05) is 54.6 Å². The highest BCUT2D eigenvalue weighted by Crippen LogP contribution is 2.46. The molecular formula is C63H41N5O. The third kappa shape index (κ3) is 7.10. The zero-order valence-electron chi connectivity index (χ0n) is 37.3. The van der Waals surface area contributed by atoms with Gasteiger partial charge in [-0.2, -0.15) is 0 Å². The molecule has 13 rings (SSSR count). The molecule has 324 valence electrons. The van der Waals surface area contributed by atoms with Crippen LogP contribution in [0.3, 0.4) is 0 Å². The Labute approximate surface area is 398 Å². The van der Waals surface area contributed by atoms with E-state index in [9.17, 15) is 0 Å². The standard InChI is InChI=1S/C63H41N5O/c1-5-20-41(21-6-1)52-38-45(63-66-61(43-24-9-3-10-25-43)65-62(67-63)44-36-37-49-48-29-15-18-35-57(48)69-58(49)40-44)39-53(42-22-7-2-8-23-42)60(52)64-54-32-16-13-28-47(54)50-31-19-34-56-59(50)51-30-14-17-33-55(51)68(56)46-26-11-4-12-27-46/h1-40,64H. The number of anilines is 2. The molecule has 0 atom stereocenters. The predicted molar refractivity (Wildman–Crippen MR) is 284 cm³/mol. The summed E-state index contributed by atoms with van der Waals surface area (Å²) >= 11 is 0. The van der Waals surface area contributed by atoms with Gasteiger partial charge in [-0.1, -0.05) is 182 Å². The lowest BCUT2D eigenvalue weighted by atomic mass is 9.92. The molecule has 3 aromatic heterocycles. The second kappa shape index (κ2) is 16.8. The van der Waals surface area contributed by atoms with Gasteiger partial charge in [-0.05, 0) is 77.4 Å². The van der Waals surface area contributed by atoms with Gasteiger partial charge in [-0.3, -0.25) is 0 Å². The van der Waals surface area contributed by atoms with Crippen molar-refractivity contribution in [3.63, 3.8) is 0 Å². The Bertz CT molecular complexity index is 3970. The molecule has 69 heavy (non-hydrogen) atoms. The van der Waals surface area contributed by atoms with E-state index in [1.54, 1.807) is 0 Å². The number of furan rings is 1. The van der Waals surface area contributed by atoms with Crippen molar-refractivity contribution in [3.05, 3.63) is 243 Å². The Morgan fingerprint density at radius 1 is 0.333 bits per heavy atom. The third-order valence-electron chi connectivity index (χ3n) is 13.1. The summed E-state index contributed by atoms with van der Waals surface area (Å²) in [6, 6.07) is 84.7. The van der Waals surface area contributed by atoms with E-state index in [0.717, 1.165) is 100 Å². The minimum Gasteiger partial charge on any atom is -0.456 e. The highest BCUT2D eigenvalue weighted by molar-refractivity contribution is 6.17. The van der Waals surface area contributed by atoms with E-state index in [1.165, 1.54) is 10.8 Å². The summed E-state index contributed by atoms with van der Waals surface area (Å²) in [6.45, 7) is 0. The Morgan fingerprint density at radius 2 is 0.855 bits per heavy atom. The molecule has 0 fully saturated rings. The molecule has 13 aromatic rings. The highest BCUT2D eigenvalue weighted by atomic mass is 16.3. The van der Waals surface area contributed by atoms with Crippen LogP contribution in [0.1, 0.15) is 0 Å². The van der Waals surface area contributed by atoms with Crippen molar-refractivity contribution in [2.75, 3.05) is 5.32 Å². The molecule has 0 aliphatic carbocycles. The number of para-hydroxylation sites is 4. The van der Waals surface area contributed by atoms with Crippen LogP contribution in [0.5, 0.6) is 0 Å². The Balaban J connectivity index is 1.02. The van der Waals surface area contributed by atoms with Crippen molar-refractivity contribution in [2.45, 2.75) is 0 Å². The van der Waals surface area contributed by atoms with Gasteiger partial charge in [0.05, 0.1) is 16.7 Å². The van der Waals surface area contributed by atoms with E-state index in [4.69, 9.17) is 19.4 Å². The number of hydrogen-bond donors (Lipinski definition) is 1. The maximum Gasteiger partial charge on any atom is 0.164 e. The van der Waals surface area contributed by atoms with Crippen LogP contribution < -0.4 is 5.32 Å². The fourth-order valence-electron chi connectivity index (χ4n) is 9.87. The molecule has 3 heterocycles. The second-order valence-corrected chi connectivity index (χ2v) is 17.2. The van der Waals surface area contributed by atoms with Crippen LogP contribution in [-0.2, 0) is 0 Å². The number of aromatic nitrogens is 4. The van der Waals surface area contributed by atoms with Crippen molar-refractivity contribution < 1.29 is 4.42 Å². The summed E-state index contributed by atoms with van der Waals surface area (Å²) < 4.78 is 8.72. The SMILES string of the molecule is c1ccc(-c2nc(-c3cc(-c4ccccc4)c(Nc4ccccc4-c4cccc5c4c4ccccc4n5-c4ccccc4)c(-c4ccccc4)c3)nc(-c3ccc4c(c3)oc3ccccc34)n2)cc1. The van der Waals surface area contributed by atoms with Crippen LogP contribution in [-0.4, -0.2) is 19.5 Å². The van der Waals surface area contributed by atoms with Crippen molar-refractivity contribution >= 4 is 55.1 Å². The minimum atomic E-state index is 0.558.